The summed E-state index contributed by atoms with van der Waals surface area (Å²) in [6.45, 7) is 2.21. The van der Waals surface area contributed by atoms with Gasteiger partial charge in [0.1, 0.15) is 5.82 Å². The highest BCUT2D eigenvalue weighted by Gasteiger charge is 2.22. The Morgan fingerprint density at radius 3 is 2.93 bits per heavy atom. The fourth-order valence-corrected chi connectivity index (χ4v) is 2.91. The first-order valence-corrected chi connectivity index (χ1v) is 6.25. The first-order valence-electron chi connectivity index (χ1n) is 6.25. The normalized spacial score (nSPS) is 22.1. The molecule has 1 aliphatic heterocycles. The van der Waals surface area contributed by atoms with E-state index in [2.05, 4.69) is 21.3 Å². The number of fused-ring (bicyclic) bond motifs is 1. The Bertz CT molecular complexity index is 337. The average Bonchev–Trinajstić information content (AvgIpc) is 2.74. The molecule has 0 aromatic carbocycles. The highest BCUT2D eigenvalue weighted by molar-refractivity contribution is 5.47. The number of aryl methyl sites for hydroxylation is 1. The van der Waals surface area contributed by atoms with Crippen molar-refractivity contribution in [1.29, 1.82) is 0 Å². The zero-order valence-corrected chi connectivity index (χ0v) is 9.21. The first-order chi connectivity index (χ1) is 7.45. The van der Waals surface area contributed by atoms with Crippen molar-refractivity contribution >= 4 is 5.82 Å². The summed E-state index contributed by atoms with van der Waals surface area (Å²) in [5.41, 5.74) is 1.48. The van der Waals surface area contributed by atoms with Crippen molar-refractivity contribution in [1.82, 2.24) is 9.78 Å². The van der Waals surface area contributed by atoms with E-state index in [-0.39, 0.29) is 0 Å². The summed E-state index contributed by atoms with van der Waals surface area (Å²) < 4.78 is 2.15. The maximum absolute atomic E-state index is 4.49. The molecule has 0 saturated heterocycles. The molecule has 1 aromatic heterocycles. The Kier molecular flexibility index (Phi) is 2.39. The molecular formula is C12H19N3. The third-order valence-corrected chi connectivity index (χ3v) is 3.75. The Morgan fingerprint density at radius 1 is 1.20 bits per heavy atom. The molecule has 0 amide bonds. The van der Waals surface area contributed by atoms with Crippen LogP contribution in [0.2, 0.25) is 0 Å². The van der Waals surface area contributed by atoms with Crippen molar-refractivity contribution in [2.75, 3.05) is 11.9 Å². The molecule has 0 bridgehead atoms. The van der Waals surface area contributed by atoms with Crippen molar-refractivity contribution in [3.63, 3.8) is 0 Å². The molecule has 1 fully saturated rings. The molecule has 2 heterocycles. The van der Waals surface area contributed by atoms with E-state index in [4.69, 9.17) is 0 Å². The Labute approximate surface area is 90.9 Å². The van der Waals surface area contributed by atoms with Crippen molar-refractivity contribution in [2.45, 2.75) is 51.0 Å². The van der Waals surface area contributed by atoms with Gasteiger partial charge in [-0.3, -0.25) is 0 Å². The van der Waals surface area contributed by atoms with Crippen molar-refractivity contribution in [2.24, 2.45) is 0 Å². The van der Waals surface area contributed by atoms with Gasteiger partial charge in [0.05, 0.1) is 6.20 Å². The summed E-state index contributed by atoms with van der Waals surface area (Å²) in [5.74, 6) is 2.08. The van der Waals surface area contributed by atoms with Gasteiger partial charge in [-0.25, -0.2) is 4.68 Å². The molecule has 0 unspecified atom stereocenters. The average molecular weight is 205 g/mol. The van der Waals surface area contributed by atoms with E-state index < -0.39 is 0 Å². The predicted molar refractivity (Wildman–Crippen MR) is 61.2 cm³/mol. The Morgan fingerprint density at radius 2 is 2.07 bits per heavy atom. The maximum atomic E-state index is 4.49. The summed E-state index contributed by atoms with van der Waals surface area (Å²) in [7, 11) is 0. The molecule has 3 nitrogen and oxygen atoms in total. The summed E-state index contributed by atoms with van der Waals surface area (Å²) in [5, 5.41) is 8.00. The molecule has 1 aliphatic carbocycles. The van der Waals surface area contributed by atoms with Gasteiger partial charge < -0.3 is 5.32 Å². The van der Waals surface area contributed by atoms with Gasteiger partial charge in [0.2, 0.25) is 0 Å². The van der Waals surface area contributed by atoms with Crippen molar-refractivity contribution in [3.05, 3.63) is 11.8 Å². The fraction of sp³-hybridized carbons (Fsp3) is 0.750. The third-order valence-electron chi connectivity index (χ3n) is 3.75. The lowest BCUT2D eigenvalue weighted by Crippen LogP contribution is -2.19. The molecule has 0 atom stereocenters. The summed E-state index contributed by atoms with van der Waals surface area (Å²) in [4.78, 5) is 0. The van der Waals surface area contributed by atoms with E-state index in [1.807, 2.05) is 0 Å². The number of rotatable bonds is 1. The minimum Gasteiger partial charge on any atom is -0.370 e. The molecule has 0 spiro atoms. The summed E-state index contributed by atoms with van der Waals surface area (Å²) >= 11 is 0. The van der Waals surface area contributed by atoms with Gasteiger partial charge in [0.15, 0.2) is 0 Å². The topological polar surface area (TPSA) is 29.9 Å². The lowest BCUT2D eigenvalue weighted by atomic mass is 9.85. The van der Waals surface area contributed by atoms with Crippen LogP contribution in [0, 0.1) is 0 Å². The van der Waals surface area contributed by atoms with Crippen LogP contribution < -0.4 is 5.32 Å². The van der Waals surface area contributed by atoms with Gasteiger partial charge in [0.25, 0.3) is 0 Å². The van der Waals surface area contributed by atoms with Crippen LogP contribution in [-0.4, -0.2) is 16.3 Å². The van der Waals surface area contributed by atoms with Crippen LogP contribution in [0.15, 0.2) is 6.20 Å². The number of anilines is 1. The van der Waals surface area contributed by atoms with Gasteiger partial charge in [-0.15, -0.1) is 0 Å². The minimum atomic E-state index is 0.771. The zero-order valence-electron chi connectivity index (χ0n) is 9.21. The van der Waals surface area contributed by atoms with Gasteiger partial charge in [0, 0.05) is 18.7 Å². The lowest BCUT2D eigenvalue weighted by molar-refractivity contribution is 0.443. The van der Waals surface area contributed by atoms with E-state index in [0.717, 1.165) is 19.0 Å². The van der Waals surface area contributed by atoms with Crippen molar-refractivity contribution < 1.29 is 0 Å². The summed E-state index contributed by atoms with van der Waals surface area (Å²) in [6, 6.07) is 0. The van der Waals surface area contributed by atoms with E-state index in [1.165, 1.54) is 49.9 Å². The molecule has 1 N–H and O–H groups in total. The van der Waals surface area contributed by atoms with Gasteiger partial charge in [-0.05, 0) is 25.2 Å². The molecule has 3 rings (SSSR count). The van der Waals surface area contributed by atoms with Crippen LogP contribution in [0.5, 0.6) is 0 Å². The maximum Gasteiger partial charge on any atom is 0.127 e. The van der Waals surface area contributed by atoms with Crippen LogP contribution in [0.3, 0.4) is 0 Å². The van der Waals surface area contributed by atoms with E-state index >= 15 is 0 Å². The number of hydrogen-bond acceptors (Lipinski definition) is 2. The molecule has 15 heavy (non-hydrogen) atoms. The Balaban J connectivity index is 1.87. The molecule has 2 aliphatic rings. The molecule has 1 saturated carbocycles. The quantitative estimate of drug-likeness (QED) is 0.764. The Hall–Kier alpha value is -0.990. The first kappa shape index (κ1) is 9.25. The van der Waals surface area contributed by atoms with E-state index in [1.54, 1.807) is 0 Å². The fourth-order valence-electron chi connectivity index (χ4n) is 2.91. The number of aromatic nitrogens is 2. The molecular weight excluding hydrogens is 186 g/mol. The van der Waals surface area contributed by atoms with E-state index in [0.29, 0.717) is 0 Å². The van der Waals surface area contributed by atoms with Crippen LogP contribution in [0.4, 0.5) is 5.82 Å². The smallest absolute Gasteiger partial charge is 0.127 e. The standard InChI is InChI=1S/C12H19N3/c1-2-5-10(6-3-1)11-9-14-15-8-4-7-13-12(11)15/h9-10,13H,1-8H2. The van der Waals surface area contributed by atoms with Crippen LogP contribution in [0.1, 0.15) is 50.0 Å². The van der Waals surface area contributed by atoms with Crippen LogP contribution in [-0.2, 0) is 6.54 Å². The molecule has 1 aromatic rings. The minimum absolute atomic E-state index is 0.771. The number of nitrogens with zero attached hydrogens (tertiary/aromatic N) is 2. The largest absolute Gasteiger partial charge is 0.370 e. The molecule has 0 radical (unpaired) electrons. The molecule has 82 valence electrons. The summed E-state index contributed by atoms with van der Waals surface area (Å²) in [6.07, 6.45) is 10.3. The number of hydrogen-bond donors (Lipinski definition) is 1. The lowest BCUT2D eigenvalue weighted by Gasteiger charge is -2.24. The van der Waals surface area contributed by atoms with Gasteiger partial charge in [-0.1, -0.05) is 19.3 Å². The molecule has 3 heteroatoms. The van der Waals surface area contributed by atoms with Crippen LogP contribution >= 0.6 is 0 Å². The van der Waals surface area contributed by atoms with E-state index in [9.17, 15) is 0 Å². The number of nitrogens with one attached hydrogen (secondary N) is 1. The van der Waals surface area contributed by atoms with Gasteiger partial charge in [-0.2, -0.15) is 5.10 Å². The third kappa shape index (κ3) is 1.64. The van der Waals surface area contributed by atoms with Crippen LogP contribution in [0.25, 0.3) is 0 Å². The second-order valence-corrected chi connectivity index (χ2v) is 4.79. The highest BCUT2D eigenvalue weighted by Crippen LogP contribution is 2.36. The monoisotopic (exact) mass is 205 g/mol. The second kappa shape index (κ2) is 3.87. The van der Waals surface area contributed by atoms with Crippen molar-refractivity contribution in [3.8, 4) is 0 Å². The highest BCUT2D eigenvalue weighted by atomic mass is 15.3. The van der Waals surface area contributed by atoms with Gasteiger partial charge >= 0.3 is 0 Å². The predicted octanol–water partition coefficient (Wildman–Crippen LogP) is 2.75. The zero-order chi connectivity index (χ0) is 10.1. The second-order valence-electron chi connectivity index (χ2n) is 4.79. The SMILES string of the molecule is c1nn2c(c1C1CCCCC1)NCCC2.